The minimum Gasteiger partial charge on any atom is -0.507 e. The van der Waals surface area contributed by atoms with E-state index in [1.165, 1.54) is 4.90 Å². The summed E-state index contributed by atoms with van der Waals surface area (Å²) in [5, 5.41) is 11.1. The third-order valence-corrected chi connectivity index (χ3v) is 5.63. The SMILES string of the molecule is COCCCN1C(=O)C(=O)/C(=C(/O)c2ccc(OC)cc2C)[C@H]1c1cccc(Br)c1. The quantitative estimate of drug-likeness (QED) is 0.282. The average Bonchev–Trinajstić information content (AvgIpc) is 2.98. The second-order valence-corrected chi connectivity index (χ2v) is 7.99. The third kappa shape index (κ3) is 4.27. The molecule has 158 valence electrons. The number of aliphatic hydroxyl groups is 1. The first-order valence-electron chi connectivity index (χ1n) is 9.56. The zero-order chi connectivity index (χ0) is 21.8. The number of aryl methyl sites for hydroxylation is 1. The highest BCUT2D eigenvalue weighted by Crippen LogP contribution is 2.40. The first-order chi connectivity index (χ1) is 14.4. The first kappa shape index (κ1) is 22.1. The fourth-order valence-electron chi connectivity index (χ4n) is 3.69. The molecule has 1 aliphatic rings. The zero-order valence-electron chi connectivity index (χ0n) is 17.1. The summed E-state index contributed by atoms with van der Waals surface area (Å²) in [4.78, 5) is 27.4. The van der Waals surface area contributed by atoms with E-state index in [0.29, 0.717) is 30.9 Å². The molecule has 6 nitrogen and oxygen atoms in total. The molecule has 1 amide bonds. The molecule has 0 radical (unpaired) electrons. The van der Waals surface area contributed by atoms with Crippen LogP contribution in [0.25, 0.3) is 5.76 Å². The summed E-state index contributed by atoms with van der Waals surface area (Å²) in [6.45, 7) is 2.63. The molecule has 2 aromatic carbocycles. The molecule has 30 heavy (non-hydrogen) atoms. The van der Waals surface area contributed by atoms with E-state index in [0.717, 1.165) is 15.6 Å². The van der Waals surface area contributed by atoms with Crippen molar-refractivity contribution in [2.75, 3.05) is 27.4 Å². The molecule has 0 spiro atoms. The molecule has 1 atom stereocenters. The van der Waals surface area contributed by atoms with E-state index in [1.54, 1.807) is 32.4 Å². The smallest absolute Gasteiger partial charge is 0.295 e. The van der Waals surface area contributed by atoms with E-state index in [-0.39, 0.29) is 11.3 Å². The second-order valence-electron chi connectivity index (χ2n) is 7.07. The number of hydrogen-bond donors (Lipinski definition) is 1. The van der Waals surface area contributed by atoms with Gasteiger partial charge >= 0.3 is 0 Å². The molecule has 1 fully saturated rings. The van der Waals surface area contributed by atoms with Gasteiger partial charge in [0.15, 0.2) is 0 Å². The van der Waals surface area contributed by atoms with Gasteiger partial charge in [0.25, 0.3) is 11.7 Å². The number of ether oxygens (including phenoxy) is 2. The summed E-state index contributed by atoms with van der Waals surface area (Å²) in [6, 6.07) is 11.9. The molecule has 0 saturated carbocycles. The Morgan fingerprint density at radius 1 is 1.17 bits per heavy atom. The monoisotopic (exact) mass is 473 g/mol. The standard InChI is InChI=1S/C23H24BrNO5/c1-14-12-17(30-3)8-9-18(14)21(26)19-20(15-6-4-7-16(24)13-15)25(10-5-11-29-2)23(28)22(19)27/h4,6-9,12-13,20,26H,5,10-11H2,1-3H3/b21-19+/t20-/m1/s1. The van der Waals surface area contributed by atoms with Gasteiger partial charge in [-0.05, 0) is 54.8 Å². The predicted molar refractivity (Wildman–Crippen MR) is 117 cm³/mol. The summed E-state index contributed by atoms with van der Waals surface area (Å²) in [5.74, 6) is -0.853. The number of rotatable bonds is 7. The Morgan fingerprint density at radius 3 is 2.57 bits per heavy atom. The number of Topliss-reactive ketones (excluding diaryl/α,β-unsaturated/α-hetero) is 1. The lowest BCUT2D eigenvalue weighted by Crippen LogP contribution is -2.31. The van der Waals surface area contributed by atoms with E-state index >= 15 is 0 Å². The highest BCUT2D eigenvalue weighted by Gasteiger charge is 2.45. The van der Waals surface area contributed by atoms with E-state index in [4.69, 9.17) is 9.47 Å². The van der Waals surface area contributed by atoms with Crippen molar-refractivity contribution in [1.82, 2.24) is 4.90 Å². The molecule has 0 unspecified atom stereocenters. The van der Waals surface area contributed by atoms with Crippen LogP contribution in [0.5, 0.6) is 5.75 Å². The molecule has 3 rings (SSSR count). The van der Waals surface area contributed by atoms with Gasteiger partial charge in [-0.3, -0.25) is 9.59 Å². The topological polar surface area (TPSA) is 76.1 Å². The molecule has 7 heteroatoms. The maximum absolute atomic E-state index is 13.0. The van der Waals surface area contributed by atoms with Gasteiger partial charge in [-0.15, -0.1) is 0 Å². The summed E-state index contributed by atoms with van der Waals surface area (Å²) in [6.07, 6.45) is 0.579. The van der Waals surface area contributed by atoms with Gasteiger partial charge < -0.3 is 19.5 Å². The molecule has 0 bridgehead atoms. The molecule has 0 aliphatic carbocycles. The lowest BCUT2D eigenvalue weighted by Gasteiger charge is -2.25. The van der Waals surface area contributed by atoms with Crippen LogP contribution in [-0.4, -0.2) is 49.1 Å². The number of hydrogen-bond acceptors (Lipinski definition) is 5. The number of carbonyl (C=O) groups excluding carboxylic acids is 2. The van der Waals surface area contributed by atoms with Crippen molar-refractivity contribution in [3.63, 3.8) is 0 Å². The van der Waals surface area contributed by atoms with Crippen LogP contribution < -0.4 is 4.74 Å². The van der Waals surface area contributed by atoms with Crippen LogP contribution in [0.2, 0.25) is 0 Å². The lowest BCUT2D eigenvalue weighted by atomic mass is 9.94. The van der Waals surface area contributed by atoms with Crippen LogP contribution in [0.1, 0.15) is 29.2 Å². The number of amides is 1. The first-order valence-corrected chi connectivity index (χ1v) is 10.4. The normalized spacial score (nSPS) is 18.1. The fraction of sp³-hybridized carbons (Fsp3) is 0.304. The third-order valence-electron chi connectivity index (χ3n) is 5.14. The molecular weight excluding hydrogens is 450 g/mol. The molecular formula is C23H24BrNO5. The van der Waals surface area contributed by atoms with Crippen molar-refractivity contribution in [2.45, 2.75) is 19.4 Å². The van der Waals surface area contributed by atoms with E-state index < -0.39 is 17.7 Å². The van der Waals surface area contributed by atoms with Crippen molar-refractivity contribution in [3.05, 3.63) is 69.2 Å². The number of nitrogens with zero attached hydrogens (tertiary/aromatic N) is 1. The minimum atomic E-state index is -0.690. The van der Waals surface area contributed by atoms with Crippen LogP contribution in [0.4, 0.5) is 0 Å². The Balaban J connectivity index is 2.15. The predicted octanol–water partition coefficient (Wildman–Crippen LogP) is 4.22. The largest absolute Gasteiger partial charge is 0.507 e. The lowest BCUT2D eigenvalue weighted by molar-refractivity contribution is -0.140. The van der Waals surface area contributed by atoms with Crippen molar-refractivity contribution in [2.24, 2.45) is 0 Å². The van der Waals surface area contributed by atoms with Crippen molar-refractivity contribution < 1.29 is 24.2 Å². The molecule has 1 heterocycles. The molecule has 1 N–H and O–H groups in total. The van der Waals surface area contributed by atoms with Gasteiger partial charge in [-0.2, -0.15) is 0 Å². The number of carbonyl (C=O) groups is 2. The van der Waals surface area contributed by atoms with Crippen LogP contribution in [0.15, 0.2) is 52.5 Å². The second kappa shape index (κ2) is 9.45. The van der Waals surface area contributed by atoms with Crippen molar-refractivity contribution in [1.29, 1.82) is 0 Å². The van der Waals surface area contributed by atoms with Gasteiger partial charge in [0.2, 0.25) is 0 Å². The minimum absolute atomic E-state index is 0.0868. The highest BCUT2D eigenvalue weighted by molar-refractivity contribution is 9.10. The summed E-state index contributed by atoms with van der Waals surface area (Å²) < 4.78 is 11.1. The zero-order valence-corrected chi connectivity index (χ0v) is 18.7. The summed E-state index contributed by atoms with van der Waals surface area (Å²) in [5.41, 5.74) is 2.06. The van der Waals surface area contributed by atoms with E-state index in [9.17, 15) is 14.7 Å². The Morgan fingerprint density at radius 2 is 1.93 bits per heavy atom. The Bertz CT molecular complexity index is 1000. The Kier molecular flexibility index (Phi) is 6.95. The number of halogens is 1. The van der Waals surface area contributed by atoms with Gasteiger partial charge in [0, 0.05) is 30.3 Å². The van der Waals surface area contributed by atoms with Gasteiger partial charge in [0.05, 0.1) is 18.7 Å². The maximum Gasteiger partial charge on any atom is 0.295 e. The highest BCUT2D eigenvalue weighted by atomic mass is 79.9. The summed E-state index contributed by atoms with van der Waals surface area (Å²) >= 11 is 3.45. The molecule has 1 aliphatic heterocycles. The van der Waals surface area contributed by atoms with Crippen LogP contribution in [-0.2, 0) is 14.3 Å². The van der Waals surface area contributed by atoms with Crippen molar-refractivity contribution >= 4 is 33.4 Å². The van der Waals surface area contributed by atoms with Gasteiger partial charge in [-0.25, -0.2) is 0 Å². The number of aliphatic hydroxyl groups excluding tert-OH is 1. The number of benzene rings is 2. The molecule has 0 aromatic heterocycles. The van der Waals surface area contributed by atoms with Crippen molar-refractivity contribution in [3.8, 4) is 5.75 Å². The number of likely N-dealkylation sites (tertiary alicyclic amines) is 1. The number of methoxy groups -OCH3 is 2. The van der Waals surface area contributed by atoms with Gasteiger partial charge in [-0.1, -0.05) is 28.1 Å². The Hall–Kier alpha value is -2.64. The Labute approximate surface area is 184 Å². The average molecular weight is 474 g/mol. The van der Waals surface area contributed by atoms with E-state index in [2.05, 4.69) is 15.9 Å². The summed E-state index contributed by atoms with van der Waals surface area (Å²) in [7, 11) is 3.15. The van der Waals surface area contributed by atoms with Crippen LogP contribution >= 0.6 is 15.9 Å². The number of ketones is 1. The molecule has 2 aromatic rings. The van der Waals surface area contributed by atoms with Gasteiger partial charge in [0.1, 0.15) is 11.5 Å². The maximum atomic E-state index is 13.0. The van der Waals surface area contributed by atoms with Crippen LogP contribution in [0, 0.1) is 6.92 Å². The van der Waals surface area contributed by atoms with Crippen LogP contribution in [0.3, 0.4) is 0 Å². The molecule has 1 saturated heterocycles. The van der Waals surface area contributed by atoms with E-state index in [1.807, 2.05) is 31.2 Å². The fourth-order valence-corrected chi connectivity index (χ4v) is 4.10.